The SMILES string of the molecule is CC(C)(C)NC[C@H](O)c1ccc2cccc(Cl)c2n1. The van der Waals surface area contributed by atoms with Gasteiger partial charge in [-0.15, -0.1) is 0 Å². The number of pyridine rings is 1. The second-order valence-corrected chi connectivity index (χ2v) is 6.10. The van der Waals surface area contributed by atoms with Crippen molar-refractivity contribution in [2.24, 2.45) is 0 Å². The summed E-state index contributed by atoms with van der Waals surface area (Å²) in [6, 6.07) is 9.43. The number of aliphatic hydroxyl groups excluding tert-OH is 1. The van der Waals surface area contributed by atoms with Crippen LogP contribution in [0.2, 0.25) is 5.02 Å². The number of nitrogens with one attached hydrogen (secondary N) is 1. The van der Waals surface area contributed by atoms with Gasteiger partial charge in [-0.25, -0.2) is 4.98 Å². The molecule has 102 valence electrons. The number of benzene rings is 1. The van der Waals surface area contributed by atoms with Gasteiger partial charge in [-0.3, -0.25) is 0 Å². The van der Waals surface area contributed by atoms with Crippen LogP contribution in [0.5, 0.6) is 0 Å². The molecule has 0 amide bonds. The highest BCUT2D eigenvalue weighted by molar-refractivity contribution is 6.35. The minimum atomic E-state index is -0.639. The Hall–Kier alpha value is -1.16. The van der Waals surface area contributed by atoms with Gasteiger partial charge in [0.1, 0.15) is 6.10 Å². The van der Waals surface area contributed by atoms with E-state index in [0.29, 0.717) is 17.3 Å². The van der Waals surface area contributed by atoms with Crippen LogP contribution >= 0.6 is 11.6 Å². The molecule has 0 spiro atoms. The van der Waals surface area contributed by atoms with E-state index in [0.717, 1.165) is 10.9 Å². The normalized spacial score (nSPS) is 13.7. The first kappa shape index (κ1) is 14.3. The summed E-state index contributed by atoms with van der Waals surface area (Å²) in [7, 11) is 0. The van der Waals surface area contributed by atoms with Crippen LogP contribution in [0.25, 0.3) is 10.9 Å². The topological polar surface area (TPSA) is 45.1 Å². The highest BCUT2D eigenvalue weighted by Gasteiger charge is 2.15. The zero-order valence-electron chi connectivity index (χ0n) is 11.4. The largest absolute Gasteiger partial charge is 0.385 e. The lowest BCUT2D eigenvalue weighted by Gasteiger charge is -2.22. The van der Waals surface area contributed by atoms with E-state index in [2.05, 4.69) is 31.1 Å². The van der Waals surface area contributed by atoms with E-state index in [1.165, 1.54) is 0 Å². The second kappa shape index (κ2) is 5.45. The average molecular weight is 279 g/mol. The van der Waals surface area contributed by atoms with Crippen LogP contribution in [0.3, 0.4) is 0 Å². The summed E-state index contributed by atoms with van der Waals surface area (Å²) in [5.74, 6) is 0. The maximum atomic E-state index is 10.2. The Labute approximate surface area is 118 Å². The summed E-state index contributed by atoms with van der Waals surface area (Å²) >= 11 is 6.12. The minimum absolute atomic E-state index is 0.0323. The van der Waals surface area contributed by atoms with Gasteiger partial charge in [-0.05, 0) is 32.9 Å². The van der Waals surface area contributed by atoms with E-state index in [4.69, 9.17) is 11.6 Å². The van der Waals surface area contributed by atoms with E-state index in [1.54, 1.807) is 6.07 Å². The molecule has 0 aliphatic heterocycles. The Kier molecular flexibility index (Phi) is 4.09. The van der Waals surface area contributed by atoms with Crippen LogP contribution in [0.4, 0.5) is 0 Å². The summed E-state index contributed by atoms with van der Waals surface area (Å²) < 4.78 is 0. The Morgan fingerprint density at radius 2 is 2.00 bits per heavy atom. The number of hydrogen-bond acceptors (Lipinski definition) is 3. The Morgan fingerprint density at radius 1 is 1.26 bits per heavy atom. The van der Waals surface area contributed by atoms with Crippen molar-refractivity contribution in [2.75, 3.05) is 6.54 Å². The number of para-hydroxylation sites is 1. The lowest BCUT2D eigenvalue weighted by atomic mass is 10.1. The number of hydrogen-bond donors (Lipinski definition) is 2. The molecule has 0 bridgehead atoms. The first-order valence-electron chi connectivity index (χ1n) is 6.35. The molecule has 19 heavy (non-hydrogen) atoms. The number of rotatable bonds is 3. The van der Waals surface area contributed by atoms with Gasteiger partial charge >= 0.3 is 0 Å². The van der Waals surface area contributed by atoms with Crippen molar-refractivity contribution in [3.63, 3.8) is 0 Å². The number of nitrogens with zero attached hydrogens (tertiary/aromatic N) is 1. The number of aliphatic hydroxyl groups is 1. The van der Waals surface area contributed by atoms with Crippen molar-refractivity contribution in [2.45, 2.75) is 32.4 Å². The van der Waals surface area contributed by atoms with Crippen LogP contribution < -0.4 is 5.32 Å². The highest BCUT2D eigenvalue weighted by atomic mass is 35.5. The summed E-state index contributed by atoms with van der Waals surface area (Å²) in [6.45, 7) is 6.64. The number of fused-ring (bicyclic) bond motifs is 1. The maximum Gasteiger partial charge on any atom is 0.108 e. The van der Waals surface area contributed by atoms with E-state index < -0.39 is 6.10 Å². The zero-order valence-corrected chi connectivity index (χ0v) is 12.2. The fourth-order valence-electron chi connectivity index (χ4n) is 1.82. The van der Waals surface area contributed by atoms with Crippen LogP contribution in [-0.4, -0.2) is 22.2 Å². The van der Waals surface area contributed by atoms with Crippen molar-refractivity contribution < 1.29 is 5.11 Å². The molecule has 2 aromatic rings. The van der Waals surface area contributed by atoms with Gasteiger partial charge in [0.15, 0.2) is 0 Å². The van der Waals surface area contributed by atoms with Crippen LogP contribution in [0.15, 0.2) is 30.3 Å². The van der Waals surface area contributed by atoms with Crippen molar-refractivity contribution in [1.82, 2.24) is 10.3 Å². The molecule has 0 fully saturated rings. The van der Waals surface area contributed by atoms with Crippen LogP contribution in [0.1, 0.15) is 32.6 Å². The predicted molar refractivity (Wildman–Crippen MR) is 79.5 cm³/mol. The average Bonchev–Trinajstić information content (AvgIpc) is 2.35. The van der Waals surface area contributed by atoms with E-state index >= 15 is 0 Å². The third kappa shape index (κ3) is 3.66. The Balaban J connectivity index is 2.23. The first-order valence-corrected chi connectivity index (χ1v) is 6.73. The van der Waals surface area contributed by atoms with E-state index in [1.807, 2.05) is 24.3 Å². The summed E-state index contributed by atoms with van der Waals surface area (Å²) in [6.07, 6.45) is -0.639. The summed E-state index contributed by atoms with van der Waals surface area (Å²) in [5, 5.41) is 15.0. The quantitative estimate of drug-likeness (QED) is 0.905. The molecule has 2 rings (SSSR count). The molecule has 0 aliphatic rings. The fourth-order valence-corrected chi connectivity index (χ4v) is 2.04. The highest BCUT2D eigenvalue weighted by Crippen LogP contribution is 2.23. The molecule has 1 heterocycles. The fraction of sp³-hybridized carbons (Fsp3) is 0.400. The third-order valence-corrected chi connectivity index (χ3v) is 3.16. The molecule has 0 aliphatic carbocycles. The Morgan fingerprint density at radius 3 is 2.68 bits per heavy atom. The molecule has 0 radical (unpaired) electrons. The standard InChI is InChI=1S/C15H19ClN2O/c1-15(2,3)17-9-13(19)12-8-7-10-5-4-6-11(16)14(10)18-12/h4-8,13,17,19H,9H2,1-3H3/t13-/m0/s1. The molecule has 1 aromatic heterocycles. The summed E-state index contributed by atoms with van der Waals surface area (Å²) in [5.41, 5.74) is 1.34. The van der Waals surface area contributed by atoms with Gasteiger partial charge in [-0.1, -0.05) is 29.8 Å². The van der Waals surface area contributed by atoms with Gasteiger partial charge in [-0.2, -0.15) is 0 Å². The van der Waals surface area contributed by atoms with Gasteiger partial charge in [0.25, 0.3) is 0 Å². The molecule has 4 heteroatoms. The molecule has 0 unspecified atom stereocenters. The number of aromatic nitrogens is 1. The molecular formula is C15H19ClN2O. The third-order valence-electron chi connectivity index (χ3n) is 2.86. The molecule has 3 nitrogen and oxygen atoms in total. The number of halogens is 1. The van der Waals surface area contributed by atoms with Crippen LogP contribution in [-0.2, 0) is 0 Å². The van der Waals surface area contributed by atoms with Gasteiger partial charge in [0.2, 0.25) is 0 Å². The smallest absolute Gasteiger partial charge is 0.108 e. The molecule has 2 N–H and O–H groups in total. The van der Waals surface area contributed by atoms with Crippen molar-refractivity contribution in [3.05, 3.63) is 41.0 Å². The Bertz CT molecular complexity index is 578. The lowest BCUT2D eigenvalue weighted by Crippen LogP contribution is -2.38. The van der Waals surface area contributed by atoms with Crippen molar-refractivity contribution >= 4 is 22.5 Å². The number of β-amino-alcohol motifs (C(OH)–C–C–N with tert-alkyl or cyclic N) is 1. The molecule has 0 saturated carbocycles. The minimum Gasteiger partial charge on any atom is -0.385 e. The summed E-state index contributed by atoms with van der Waals surface area (Å²) in [4.78, 5) is 4.45. The van der Waals surface area contributed by atoms with Gasteiger partial charge in [0.05, 0.1) is 16.2 Å². The molecule has 1 atom stereocenters. The zero-order chi connectivity index (χ0) is 14.0. The first-order chi connectivity index (χ1) is 8.87. The van der Waals surface area contributed by atoms with Crippen molar-refractivity contribution in [1.29, 1.82) is 0 Å². The van der Waals surface area contributed by atoms with E-state index in [9.17, 15) is 5.11 Å². The van der Waals surface area contributed by atoms with Crippen molar-refractivity contribution in [3.8, 4) is 0 Å². The lowest BCUT2D eigenvalue weighted by molar-refractivity contribution is 0.159. The monoisotopic (exact) mass is 278 g/mol. The molecular weight excluding hydrogens is 260 g/mol. The van der Waals surface area contributed by atoms with Gasteiger partial charge in [0, 0.05) is 17.5 Å². The second-order valence-electron chi connectivity index (χ2n) is 5.69. The van der Waals surface area contributed by atoms with E-state index in [-0.39, 0.29) is 5.54 Å². The molecule has 1 aromatic carbocycles. The van der Waals surface area contributed by atoms with Crippen LogP contribution in [0, 0.1) is 0 Å². The van der Waals surface area contributed by atoms with Gasteiger partial charge < -0.3 is 10.4 Å². The maximum absolute atomic E-state index is 10.2. The molecule has 0 saturated heterocycles. The predicted octanol–water partition coefficient (Wildman–Crippen LogP) is 3.31.